The summed E-state index contributed by atoms with van der Waals surface area (Å²) < 4.78 is 4.91. The molecule has 0 fully saturated rings. The summed E-state index contributed by atoms with van der Waals surface area (Å²) in [5, 5.41) is 0. The van der Waals surface area contributed by atoms with E-state index in [-0.39, 0.29) is 5.95 Å². The Balaban J connectivity index is 2.20. The van der Waals surface area contributed by atoms with Crippen LogP contribution in [0.25, 0.3) is 22.4 Å². The zero-order valence-corrected chi connectivity index (χ0v) is 8.68. The van der Waals surface area contributed by atoms with Crippen molar-refractivity contribution in [1.29, 1.82) is 0 Å². The van der Waals surface area contributed by atoms with Crippen LogP contribution in [-0.2, 0) is 0 Å². The van der Waals surface area contributed by atoms with Crippen molar-refractivity contribution in [1.82, 2.24) is 15.0 Å². The van der Waals surface area contributed by atoms with E-state index in [1.54, 1.807) is 30.5 Å². The summed E-state index contributed by atoms with van der Waals surface area (Å²) in [6.45, 7) is 0. The predicted octanol–water partition coefficient (Wildman–Crippen LogP) is 1.16. The van der Waals surface area contributed by atoms with Crippen molar-refractivity contribution >= 4 is 17.0 Å². The highest BCUT2D eigenvalue weighted by molar-refractivity contribution is 5.79. The fourth-order valence-corrected chi connectivity index (χ4v) is 1.65. The van der Waals surface area contributed by atoms with Gasteiger partial charge in [-0.1, -0.05) is 0 Å². The van der Waals surface area contributed by atoms with E-state index >= 15 is 0 Å². The van der Waals surface area contributed by atoms with Gasteiger partial charge in [0.05, 0.1) is 11.2 Å². The Morgan fingerprint density at radius 1 is 1.29 bits per heavy atom. The van der Waals surface area contributed by atoms with E-state index in [1.807, 2.05) is 0 Å². The SMILES string of the molecule is Nc1nccc(-c2ccc3oc(=O)[nH]c3c2)n1. The maximum atomic E-state index is 11.0. The number of nitrogen functional groups attached to an aromatic ring is 1. The molecule has 17 heavy (non-hydrogen) atoms. The molecule has 0 atom stereocenters. The molecule has 0 aliphatic heterocycles. The molecule has 1 aromatic carbocycles. The third kappa shape index (κ3) is 1.65. The van der Waals surface area contributed by atoms with Gasteiger partial charge in [0.15, 0.2) is 5.58 Å². The maximum absolute atomic E-state index is 11.0. The van der Waals surface area contributed by atoms with Crippen LogP contribution in [0.15, 0.2) is 39.7 Å². The molecule has 3 rings (SSSR count). The largest absolute Gasteiger partial charge is 0.417 e. The number of hydrogen-bond donors (Lipinski definition) is 2. The molecule has 3 aromatic rings. The molecule has 0 saturated heterocycles. The lowest BCUT2D eigenvalue weighted by atomic mass is 10.1. The molecule has 2 heterocycles. The fourth-order valence-electron chi connectivity index (χ4n) is 1.65. The van der Waals surface area contributed by atoms with Gasteiger partial charge in [-0.3, -0.25) is 4.98 Å². The molecule has 0 bridgehead atoms. The van der Waals surface area contributed by atoms with Crippen LogP contribution in [0.2, 0.25) is 0 Å². The van der Waals surface area contributed by atoms with E-state index in [2.05, 4.69) is 15.0 Å². The quantitative estimate of drug-likeness (QED) is 0.651. The minimum atomic E-state index is -0.473. The van der Waals surface area contributed by atoms with E-state index in [1.165, 1.54) is 0 Å². The molecule has 0 radical (unpaired) electrons. The van der Waals surface area contributed by atoms with Gasteiger partial charge in [0, 0.05) is 11.8 Å². The van der Waals surface area contributed by atoms with Crippen molar-refractivity contribution in [3.05, 3.63) is 41.0 Å². The highest BCUT2D eigenvalue weighted by Gasteiger charge is 2.05. The number of aromatic amines is 1. The third-order valence-corrected chi connectivity index (χ3v) is 2.39. The van der Waals surface area contributed by atoms with Crippen LogP contribution in [0, 0.1) is 0 Å². The Bertz CT molecular complexity index is 744. The summed E-state index contributed by atoms with van der Waals surface area (Å²) in [7, 11) is 0. The first-order valence-corrected chi connectivity index (χ1v) is 4.94. The molecule has 0 unspecified atom stereocenters. The Hall–Kier alpha value is -2.63. The lowest BCUT2D eigenvalue weighted by Gasteiger charge is -2.00. The van der Waals surface area contributed by atoms with Crippen LogP contribution >= 0.6 is 0 Å². The average molecular weight is 228 g/mol. The number of aromatic nitrogens is 3. The Kier molecular flexibility index (Phi) is 1.94. The fraction of sp³-hybridized carbons (Fsp3) is 0. The first-order valence-electron chi connectivity index (χ1n) is 4.94. The van der Waals surface area contributed by atoms with Gasteiger partial charge in [-0.25, -0.2) is 14.8 Å². The smallest absolute Gasteiger partial charge is 0.408 e. The molecule has 6 nitrogen and oxygen atoms in total. The van der Waals surface area contributed by atoms with Gasteiger partial charge >= 0.3 is 5.76 Å². The number of nitrogens with two attached hydrogens (primary N) is 1. The van der Waals surface area contributed by atoms with E-state index < -0.39 is 5.76 Å². The summed E-state index contributed by atoms with van der Waals surface area (Å²) in [6, 6.07) is 7.04. The molecule has 0 aliphatic rings. The normalized spacial score (nSPS) is 10.8. The summed E-state index contributed by atoms with van der Waals surface area (Å²) in [5.74, 6) is -0.261. The summed E-state index contributed by atoms with van der Waals surface area (Å²) in [5.41, 5.74) is 8.19. The van der Waals surface area contributed by atoms with Crippen molar-refractivity contribution in [2.45, 2.75) is 0 Å². The molecular weight excluding hydrogens is 220 g/mol. The van der Waals surface area contributed by atoms with Gasteiger partial charge in [-0.2, -0.15) is 0 Å². The van der Waals surface area contributed by atoms with Crippen molar-refractivity contribution in [2.75, 3.05) is 5.73 Å². The molecule has 0 saturated carbocycles. The molecule has 2 aromatic heterocycles. The third-order valence-electron chi connectivity index (χ3n) is 2.39. The maximum Gasteiger partial charge on any atom is 0.417 e. The van der Waals surface area contributed by atoms with Crippen LogP contribution in [0.1, 0.15) is 0 Å². The van der Waals surface area contributed by atoms with Crippen LogP contribution in [0.3, 0.4) is 0 Å². The lowest BCUT2D eigenvalue weighted by Crippen LogP contribution is -1.95. The summed E-state index contributed by atoms with van der Waals surface area (Å²) >= 11 is 0. The molecule has 84 valence electrons. The van der Waals surface area contributed by atoms with E-state index in [9.17, 15) is 4.79 Å². The van der Waals surface area contributed by atoms with Crippen LogP contribution in [-0.4, -0.2) is 15.0 Å². The molecule has 0 spiro atoms. The zero-order valence-electron chi connectivity index (χ0n) is 8.68. The Morgan fingerprint density at radius 2 is 2.18 bits per heavy atom. The second kappa shape index (κ2) is 3.44. The molecule has 3 N–H and O–H groups in total. The number of anilines is 1. The van der Waals surface area contributed by atoms with Gasteiger partial charge in [0.25, 0.3) is 0 Å². The number of H-pyrrole nitrogens is 1. The van der Waals surface area contributed by atoms with Crippen molar-refractivity contribution < 1.29 is 4.42 Å². The van der Waals surface area contributed by atoms with Crippen LogP contribution < -0.4 is 11.5 Å². The van der Waals surface area contributed by atoms with Crippen LogP contribution in [0.5, 0.6) is 0 Å². The monoisotopic (exact) mass is 228 g/mol. The number of rotatable bonds is 1. The predicted molar refractivity (Wildman–Crippen MR) is 62.3 cm³/mol. The summed E-state index contributed by atoms with van der Waals surface area (Å²) in [4.78, 5) is 21.5. The van der Waals surface area contributed by atoms with Crippen molar-refractivity contribution in [3.8, 4) is 11.3 Å². The average Bonchev–Trinajstić information content (AvgIpc) is 2.68. The lowest BCUT2D eigenvalue weighted by molar-refractivity contribution is 0.555. The first-order chi connectivity index (χ1) is 8.22. The molecule has 0 aliphatic carbocycles. The molecule has 0 amide bonds. The summed E-state index contributed by atoms with van der Waals surface area (Å²) in [6.07, 6.45) is 1.58. The van der Waals surface area contributed by atoms with Gasteiger partial charge in [-0.15, -0.1) is 0 Å². The Morgan fingerprint density at radius 3 is 3.00 bits per heavy atom. The van der Waals surface area contributed by atoms with Crippen LogP contribution in [0.4, 0.5) is 5.95 Å². The molecule has 6 heteroatoms. The van der Waals surface area contributed by atoms with Gasteiger partial charge in [0.1, 0.15) is 0 Å². The van der Waals surface area contributed by atoms with Gasteiger partial charge in [0.2, 0.25) is 5.95 Å². The van der Waals surface area contributed by atoms with E-state index in [0.717, 1.165) is 5.56 Å². The zero-order chi connectivity index (χ0) is 11.8. The minimum absolute atomic E-state index is 0.211. The second-order valence-electron chi connectivity index (χ2n) is 3.53. The molecular formula is C11H8N4O2. The second-order valence-corrected chi connectivity index (χ2v) is 3.53. The van der Waals surface area contributed by atoms with Crippen molar-refractivity contribution in [2.24, 2.45) is 0 Å². The van der Waals surface area contributed by atoms with Gasteiger partial charge in [-0.05, 0) is 24.3 Å². The number of benzene rings is 1. The van der Waals surface area contributed by atoms with Crippen molar-refractivity contribution in [3.63, 3.8) is 0 Å². The topological polar surface area (TPSA) is 97.8 Å². The number of fused-ring (bicyclic) bond motifs is 1. The minimum Gasteiger partial charge on any atom is -0.408 e. The number of oxazole rings is 1. The number of nitrogens with zero attached hydrogens (tertiary/aromatic N) is 2. The van der Waals surface area contributed by atoms with Gasteiger partial charge < -0.3 is 10.2 Å². The number of nitrogens with one attached hydrogen (secondary N) is 1. The Labute approximate surface area is 95.1 Å². The van der Waals surface area contributed by atoms with E-state index in [0.29, 0.717) is 16.8 Å². The number of hydrogen-bond acceptors (Lipinski definition) is 5. The highest BCUT2D eigenvalue weighted by Crippen LogP contribution is 2.21. The standard InChI is InChI=1S/C11H8N4O2/c12-10-13-4-3-7(14-10)6-1-2-9-8(5-6)15-11(16)17-9/h1-5H,(H,15,16)(H2,12,13,14). The highest BCUT2D eigenvalue weighted by atomic mass is 16.4. The van der Waals surface area contributed by atoms with E-state index in [4.69, 9.17) is 10.2 Å². The first kappa shape index (κ1) is 9.59.